The van der Waals surface area contributed by atoms with Crippen molar-refractivity contribution in [1.82, 2.24) is 4.90 Å². The maximum Gasteiger partial charge on any atom is 0.265 e. The van der Waals surface area contributed by atoms with E-state index >= 15 is 0 Å². The van der Waals surface area contributed by atoms with Crippen LogP contribution in [0.25, 0.3) is 0 Å². The first-order valence-electron chi connectivity index (χ1n) is 5.29. The third-order valence-corrected chi connectivity index (χ3v) is 3.49. The van der Waals surface area contributed by atoms with Gasteiger partial charge in [-0.1, -0.05) is 12.2 Å². The topological polar surface area (TPSA) is 59.0 Å². The lowest BCUT2D eigenvalue weighted by Gasteiger charge is -2.27. The molecule has 0 bridgehead atoms. The fourth-order valence-electron chi connectivity index (χ4n) is 2.09. The third kappa shape index (κ3) is 1.94. The van der Waals surface area contributed by atoms with Crippen molar-refractivity contribution in [3.63, 3.8) is 0 Å². The molecule has 1 unspecified atom stereocenters. The molecule has 0 aromatic heterocycles. The van der Waals surface area contributed by atoms with Crippen molar-refractivity contribution in [3.8, 4) is 0 Å². The standard InChI is InChI=1S/C11H12N2O3S/c1-17(14,15)16-11-7-9(11)12-10-5-3-2-4-6-13(10)8-11/h2-6H,7-8H2,1H3. The summed E-state index contributed by atoms with van der Waals surface area (Å²) >= 11 is 0. The summed E-state index contributed by atoms with van der Waals surface area (Å²) in [6.07, 6.45) is 11.1. The molecule has 0 amide bonds. The van der Waals surface area contributed by atoms with Crippen LogP contribution in [0.5, 0.6) is 0 Å². The molecule has 1 fully saturated rings. The van der Waals surface area contributed by atoms with Crippen molar-refractivity contribution in [2.24, 2.45) is 4.99 Å². The van der Waals surface area contributed by atoms with Crippen LogP contribution in [-0.4, -0.2) is 37.4 Å². The van der Waals surface area contributed by atoms with Crippen LogP contribution >= 0.6 is 0 Å². The predicted molar refractivity (Wildman–Crippen MR) is 63.8 cm³/mol. The van der Waals surface area contributed by atoms with Crippen LogP contribution in [0.3, 0.4) is 0 Å². The Morgan fingerprint density at radius 2 is 2.24 bits per heavy atom. The lowest BCUT2D eigenvalue weighted by atomic mass is 10.3. The molecule has 6 heteroatoms. The Morgan fingerprint density at radius 1 is 1.41 bits per heavy atom. The summed E-state index contributed by atoms with van der Waals surface area (Å²) in [5, 5.41) is 0. The maximum absolute atomic E-state index is 11.2. The molecular weight excluding hydrogens is 240 g/mol. The second kappa shape index (κ2) is 3.30. The van der Waals surface area contributed by atoms with Gasteiger partial charge in [-0.15, -0.1) is 0 Å². The van der Waals surface area contributed by atoms with Crippen molar-refractivity contribution >= 4 is 15.8 Å². The number of nitrogens with zero attached hydrogens (tertiary/aromatic N) is 2. The normalized spacial score (nSPS) is 30.1. The molecule has 17 heavy (non-hydrogen) atoms. The Morgan fingerprint density at radius 3 is 3.00 bits per heavy atom. The Bertz CT molecular complexity index is 586. The fraction of sp³-hybridized carbons (Fsp3) is 0.364. The van der Waals surface area contributed by atoms with E-state index in [4.69, 9.17) is 4.18 Å². The Kier molecular flexibility index (Phi) is 2.08. The van der Waals surface area contributed by atoms with Crippen LogP contribution in [0.4, 0.5) is 0 Å². The van der Waals surface area contributed by atoms with Gasteiger partial charge in [0.25, 0.3) is 10.1 Å². The molecule has 0 aromatic rings. The fourth-order valence-corrected chi connectivity index (χ4v) is 2.88. The van der Waals surface area contributed by atoms with Gasteiger partial charge in [0, 0.05) is 12.6 Å². The van der Waals surface area contributed by atoms with Gasteiger partial charge in [0.1, 0.15) is 11.4 Å². The van der Waals surface area contributed by atoms with Crippen molar-refractivity contribution in [3.05, 3.63) is 36.3 Å². The maximum atomic E-state index is 11.2. The number of fused-ring (bicyclic) bond motifs is 2. The van der Waals surface area contributed by atoms with Crippen molar-refractivity contribution in [1.29, 1.82) is 0 Å². The van der Waals surface area contributed by atoms with Crippen molar-refractivity contribution in [2.45, 2.75) is 12.0 Å². The van der Waals surface area contributed by atoms with Gasteiger partial charge in [-0.25, -0.2) is 4.99 Å². The van der Waals surface area contributed by atoms with Gasteiger partial charge in [0.15, 0.2) is 0 Å². The lowest BCUT2D eigenvalue weighted by molar-refractivity contribution is 0.173. The highest BCUT2D eigenvalue weighted by atomic mass is 32.2. The van der Waals surface area contributed by atoms with Gasteiger partial charge in [-0.05, 0) is 12.2 Å². The molecule has 2 aliphatic heterocycles. The molecule has 0 aromatic carbocycles. The van der Waals surface area contributed by atoms with E-state index in [-0.39, 0.29) is 0 Å². The molecule has 1 atom stereocenters. The van der Waals surface area contributed by atoms with Crippen LogP contribution in [0, 0.1) is 0 Å². The second-order valence-corrected chi connectivity index (χ2v) is 5.97. The summed E-state index contributed by atoms with van der Waals surface area (Å²) in [4.78, 5) is 6.31. The summed E-state index contributed by atoms with van der Waals surface area (Å²) in [6, 6.07) is 0. The molecule has 0 saturated heterocycles. The van der Waals surface area contributed by atoms with Gasteiger partial charge in [0.2, 0.25) is 0 Å². The number of allylic oxidation sites excluding steroid dienone is 4. The number of aliphatic imine (C=N–C) groups is 1. The van der Waals surface area contributed by atoms with E-state index in [1.54, 1.807) is 0 Å². The Labute approximate surface area is 99.9 Å². The number of rotatable bonds is 2. The van der Waals surface area contributed by atoms with Crippen LogP contribution < -0.4 is 0 Å². The van der Waals surface area contributed by atoms with Crippen LogP contribution in [0.15, 0.2) is 41.3 Å². The molecule has 3 rings (SSSR count). The highest BCUT2D eigenvalue weighted by Gasteiger charge is 2.58. The van der Waals surface area contributed by atoms with Crippen molar-refractivity contribution < 1.29 is 12.6 Å². The van der Waals surface area contributed by atoms with Gasteiger partial charge in [-0.3, -0.25) is 4.18 Å². The summed E-state index contributed by atoms with van der Waals surface area (Å²) < 4.78 is 27.6. The van der Waals surface area contributed by atoms with Crippen LogP contribution in [0.2, 0.25) is 0 Å². The van der Waals surface area contributed by atoms with Crippen LogP contribution in [0.1, 0.15) is 6.42 Å². The molecule has 0 radical (unpaired) electrons. The number of hydrogen-bond donors (Lipinski definition) is 0. The zero-order valence-corrected chi connectivity index (χ0v) is 10.1. The van der Waals surface area contributed by atoms with E-state index in [1.165, 1.54) is 0 Å². The van der Waals surface area contributed by atoms with Gasteiger partial charge in [0.05, 0.1) is 18.5 Å². The Balaban J connectivity index is 1.93. The average Bonchev–Trinajstić information content (AvgIpc) is 2.89. The molecule has 1 saturated carbocycles. The monoisotopic (exact) mass is 252 g/mol. The summed E-state index contributed by atoms with van der Waals surface area (Å²) in [5.41, 5.74) is 0.0914. The summed E-state index contributed by atoms with van der Waals surface area (Å²) in [6.45, 7) is 0.503. The minimum Gasteiger partial charge on any atom is -0.330 e. The zero-order chi connectivity index (χ0) is 12.1. The van der Waals surface area contributed by atoms with E-state index in [1.807, 2.05) is 35.4 Å². The molecule has 2 heterocycles. The highest BCUT2D eigenvalue weighted by molar-refractivity contribution is 7.86. The quantitative estimate of drug-likeness (QED) is 0.682. The number of hydrogen-bond acceptors (Lipinski definition) is 5. The zero-order valence-electron chi connectivity index (χ0n) is 9.33. The van der Waals surface area contributed by atoms with Gasteiger partial charge >= 0.3 is 0 Å². The molecule has 5 nitrogen and oxygen atoms in total. The van der Waals surface area contributed by atoms with E-state index in [0.29, 0.717) is 13.0 Å². The van der Waals surface area contributed by atoms with E-state index in [0.717, 1.165) is 17.8 Å². The molecule has 3 aliphatic rings. The van der Waals surface area contributed by atoms with Crippen LogP contribution in [-0.2, 0) is 14.3 Å². The van der Waals surface area contributed by atoms with Gasteiger partial charge in [-0.2, -0.15) is 8.42 Å². The third-order valence-electron chi connectivity index (χ3n) is 2.87. The van der Waals surface area contributed by atoms with Gasteiger partial charge < -0.3 is 4.90 Å². The first-order valence-corrected chi connectivity index (χ1v) is 7.11. The minimum atomic E-state index is -3.45. The molecule has 0 N–H and O–H groups in total. The predicted octanol–water partition coefficient (Wildman–Crippen LogP) is 0.787. The first kappa shape index (κ1) is 10.7. The molecule has 0 spiro atoms. The smallest absolute Gasteiger partial charge is 0.265 e. The van der Waals surface area contributed by atoms with Crippen molar-refractivity contribution in [2.75, 3.05) is 12.8 Å². The summed E-state index contributed by atoms with van der Waals surface area (Å²) in [7, 11) is -3.45. The molecular formula is C11H12N2O3S. The Hall–Kier alpha value is -1.40. The first-order chi connectivity index (χ1) is 7.99. The van der Waals surface area contributed by atoms with E-state index in [2.05, 4.69) is 4.99 Å². The van der Waals surface area contributed by atoms with E-state index in [9.17, 15) is 8.42 Å². The molecule has 90 valence electrons. The highest BCUT2D eigenvalue weighted by Crippen LogP contribution is 2.43. The largest absolute Gasteiger partial charge is 0.330 e. The summed E-state index contributed by atoms with van der Waals surface area (Å²) in [5.74, 6) is 0.829. The van der Waals surface area contributed by atoms with E-state index < -0.39 is 15.7 Å². The lowest BCUT2D eigenvalue weighted by Crippen LogP contribution is -2.37. The molecule has 1 aliphatic carbocycles. The second-order valence-electron chi connectivity index (χ2n) is 4.40. The average molecular weight is 252 g/mol. The SMILES string of the molecule is CS(=O)(=O)OC12CC1=NC1=CC=CC=CN1C2. The minimum absolute atomic E-state index is 0.503.